The molecule has 14 heavy (non-hydrogen) atoms. The summed E-state index contributed by atoms with van der Waals surface area (Å²) in [6.45, 7) is 4.31. The van der Waals surface area contributed by atoms with Crippen molar-refractivity contribution in [2.24, 2.45) is 0 Å². The minimum atomic E-state index is 0. The molecule has 0 aromatic heterocycles. The van der Waals surface area contributed by atoms with Crippen LogP contribution >= 0.6 is 0 Å². The van der Waals surface area contributed by atoms with Crippen molar-refractivity contribution in [3.05, 3.63) is 41.5 Å². The van der Waals surface area contributed by atoms with Crippen LogP contribution in [0.3, 0.4) is 0 Å². The summed E-state index contributed by atoms with van der Waals surface area (Å²) < 4.78 is 0. The molecule has 0 aliphatic heterocycles. The Kier molecular flexibility index (Phi) is 7.02. The molecule has 0 amide bonds. The van der Waals surface area contributed by atoms with Crippen LogP contribution < -0.4 is 9.41 Å². The van der Waals surface area contributed by atoms with Crippen LogP contribution in [0.25, 0.3) is 10.8 Å². The Bertz CT molecular complexity index is 357. The summed E-state index contributed by atoms with van der Waals surface area (Å²) >= 11 is 0. The number of benzene rings is 1. The van der Waals surface area contributed by atoms with Gasteiger partial charge < -0.3 is 9.41 Å². The molecule has 0 aliphatic carbocycles. The van der Waals surface area contributed by atoms with Gasteiger partial charge in [0.25, 0.3) is 0 Å². The van der Waals surface area contributed by atoms with Crippen LogP contribution in [0, 0.1) is 13.8 Å². The first-order chi connectivity index (χ1) is 5.27. The Balaban J connectivity index is 0. The largest absolute Gasteiger partial charge is 3.00 e. The fourth-order valence-electron chi connectivity index (χ4n) is 1.40. The summed E-state index contributed by atoms with van der Waals surface area (Å²) in [5.74, 6) is 0. The summed E-state index contributed by atoms with van der Waals surface area (Å²) in [6, 6.07) is 10.9. The standard InChI is InChI=1S/C11H11.2FH.Zr/c1-8-6-10-4-3-5-11(10)7-9(8)2;;;/h3-7H,1-2H3;2*1H;/q-1;;;+3/p-2. The van der Waals surface area contributed by atoms with Crippen LogP contribution in [-0.4, -0.2) is 0 Å². The van der Waals surface area contributed by atoms with E-state index < -0.39 is 0 Å². The molecule has 0 saturated carbocycles. The van der Waals surface area contributed by atoms with Gasteiger partial charge in [-0.2, -0.15) is 12.1 Å². The van der Waals surface area contributed by atoms with Gasteiger partial charge in [0.1, 0.15) is 0 Å². The predicted molar refractivity (Wildman–Crippen MR) is 49.0 cm³/mol. The van der Waals surface area contributed by atoms with Gasteiger partial charge in [0.2, 0.25) is 0 Å². The molecule has 3 heteroatoms. The first-order valence-electron chi connectivity index (χ1n) is 3.90. The van der Waals surface area contributed by atoms with Gasteiger partial charge in [0.15, 0.2) is 0 Å². The number of rotatable bonds is 0. The molecule has 0 saturated heterocycles. The van der Waals surface area contributed by atoms with Gasteiger partial charge in [-0.3, -0.25) is 0 Å². The van der Waals surface area contributed by atoms with Gasteiger partial charge in [-0.25, -0.2) is 0 Å². The third-order valence-electron chi connectivity index (χ3n) is 2.25. The van der Waals surface area contributed by atoms with E-state index in [1.165, 1.54) is 21.9 Å². The zero-order valence-corrected chi connectivity index (χ0v) is 10.6. The predicted octanol–water partition coefficient (Wildman–Crippen LogP) is -2.82. The fourth-order valence-corrected chi connectivity index (χ4v) is 1.40. The third kappa shape index (κ3) is 2.78. The van der Waals surface area contributed by atoms with E-state index in [0.717, 1.165) is 0 Å². The fraction of sp³-hybridized carbons (Fsp3) is 0.182. The van der Waals surface area contributed by atoms with Crippen molar-refractivity contribution in [3.8, 4) is 0 Å². The normalized spacial score (nSPS) is 8.43. The summed E-state index contributed by atoms with van der Waals surface area (Å²) in [5, 5.41) is 2.71. The van der Waals surface area contributed by atoms with E-state index in [-0.39, 0.29) is 35.6 Å². The van der Waals surface area contributed by atoms with Gasteiger partial charge in [0, 0.05) is 0 Å². The minimum Gasteiger partial charge on any atom is -1.00 e. The van der Waals surface area contributed by atoms with Crippen LogP contribution in [0.1, 0.15) is 11.1 Å². The van der Waals surface area contributed by atoms with Crippen LogP contribution in [0.2, 0.25) is 0 Å². The molecule has 2 aromatic rings. The first-order valence-corrected chi connectivity index (χ1v) is 3.90. The van der Waals surface area contributed by atoms with Gasteiger partial charge in [-0.15, -0.1) is 29.0 Å². The van der Waals surface area contributed by atoms with Gasteiger partial charge >= 0.3 is 26.2 Å². The average Bonchev–Trinajstić information content (AvgIpc) is 2.36. The third-order valence-corrected chi connectivity index (χ3v) is 2.25. The number of fused-ring (bicyclic) bond motifs is 1. The van der Waals surface area contributed by atoms with Crippen molar-refractivity contribution in [2.75, 3.05) is 0 Å². The van der Waals surface area contributed by atoms with E-state index >= 15 is 0 Å². The molecular formula is C11H11F2Zr. The number of hydrogen-bond acceptors (Lipinski definition) is 0. The van der Waals surface area contributed by atoms with Crippen molar-refractivity contribution in [2.45, 2.75) is 13.8 Å². The zero-order valence-electron chi connectivity index (χ0n) is 8.14. The number of aryl methyl sites for hydroxylation is 2. The molecule has 0 aliphatic rings. The van der Waals surface area contributed by atoms with Gasteiger partial charge in [-0.1, -0.05) is 11.1 Å². The van der Waals surface area contributed by atoms with Crippen LogP contribution in [0.5, 0.6) is 0 Å². The molecule has 2 rings (SSSR count). The smallest absolute Gasteiger partial charge is 1.00 e. The maximum absolute atomic E-state index is 2.24. The molecule has 0 spiro atoms. The van der Waals surface area contributed by atoms with Crippen LogP contribution in [0.15, 0.2) is 30.3 Å². The second-order valence-corrected chi connectivity index (χ2v) is 3.09. The molecule has 0 fully saturated rings. The molecule has 0 atom stereocenters. The van der Waals surface area contributed by atoms with Gasteiger partial charge in [0.05, 0.1) is 0 Å². The monoisotopic (exact) mass is 271 g/mol. The molecule has 0 bridgehead atoms. The molecule has 73 valence electrons. The van der Waals surface area contributed by atoms with Crippen molar-refractivity contribution in [1.29, 1.82) is 0 Å². The Labute approximate surface area is 102 Å². The second-order valence-electron chi connectivity index (χ2n) is 3.09. The van der Waals surface area contributed by atoms with E-state index in [1.54, 1.807) is 0 Å². The van der Waals surface area contributed by atoms with E-state index in [2.05, 4.69) is 44.2 Å². The Morgan fingerprint density at radius 3 is 2.21 bits per heavy atom. The second kappa shape index (κ2) is 6.13. The maximum Gasteiger partial charge on any atom is 3.00 e. The number of halogens is 2. The Morgan fingerprint density at radius 2 is 1.57 bits per heavy atom. The van der Waals surface area contributed by atoms with Gasteiger partial charge in [-0.05, 0) is 13.8 Å². The quantitative estimate of drug-likeness (QED) is 0.454. The molecule has 0 N–H and O–H groups in total. The summed E-state index contributed by atoms with van der Waals surface area (Å²) in [4.78, 5) is 0. The molecule has 0 unspecified atom stereocenters. The van der Waals surface area contributed by atoms with E-state index in [4.69, 9.17) is 0 Å². The van der Waals surface area contributed by atoms with E-state index in [0.29, 0.717) is 0 Å². The molecule has 0 heterocycles. The summed E-state index contributed by atoms with van der Waals surface area (Å²) in [6.07, 6.45) is 0. The van der Waals surface area contributed by atoms with Crippen molar-refractivity contribution in [1.82, 2.24) is 0 Å². The SMILES string of the molecule is Cc1cc2cc[cH-]c2cc1C.[F-].[F-].[Zr+3]. The summed E-state index contributed by atoms with van der Waals surface area (Å²) in [7, 11) is 0. The van der Waals surface area contributed by atoms with Crippen LogP contribution in [0.4, 0.5) is 0 Å². The molecular weight excluding hydrogens is 261 g/mol. The zero-order chi connectivity index (χ0) is 7.84. The maximum atomic E-state index is 2.24. The van der Waals surface area contributed by atoms with Crippen molar-refractivity contribution in [3.63, 3.8) is 0 Å². The van der Waals surface area contributed by atoms with E-state index in [1.807, 2.05) is 0 Å². The summed E-state index contributed by atoms with van der Waals surface area (Å²) in [5.41, 5.74) is 2.76. The van der Waals surface area contributed by atoms with Crippen molar-refractivity contribution >= 4 is 10.8 Å². The molecule has 2 aromatic carbocycles. The topological polar surface area (TPSA) is 0 Å². The number of hydrogen-bond donors (Lipinski definition) is 0. The van der Waals surface area contributed by atoms with Crippen LogP contribution in [-0.2, 0) is 26.2 Å². The molecule has 1 radical (unpaired) electrons. The Morgan fingerprint density at radius 1 is 1.00 bits per heavy atom. The minimum absolute atomic E-state index is 0. The molecule has 0 nitrogen and oxygen atoms in total. The van der Waals surface area contributed by atoms with Crippen molar-refractivity contribution < 1.29 is 35.6 Å². The first kappa shape index (κ1) is 16.0. The average molecular weight is 272 g/mol. The van der Waals surface area contributed by atoms with E-state index in [9.17, 15) is 0 Å². The Hall–Kier alpha value is -0.427.